The molecule has 26 heavy (non-hydrogen) atoms. The van der Waals surface area contributed by atoms with E-state index in [4.69, 9.17) is 15.9 Å². The van der Waals surface area contributed by atoms with Crippen LogP contribution >= 0.6 is 0 Å². The van der Waals surface area contributed by atoms with Crippen LogP contribution in [0.15, 0.2) is 23.2 Å². The van der Waals surface area contributed by atoms with Crippen molar-refractivity contribution in [3.8, 4) is 23.8 Å². The minimum Gasteiger partial charge on any atom is -0.490 e. The van der Waals surface area contributed by atoms with E-state index < -0.39 is 0 Å². The van der Waals surface area contributed by atoms with E-state index in [9.17, 15) is 4.79 Å². The average molecular weight is 358 g/mol. The van der Waals surface area contributed by atoms with E-state index in [1.807, 2.05) is 39.0 Å². The van der Waals surface area contributed by atoms with Crippen molar-refractivity contribution in [3.05, 3.63) is 18.2 Å². The highest BCUT2D eigenvalue weighted by Gasteiger charge is 2.14. The maximum absolute atomic E-state index is 12.0. The Bertz CT molecular complexity index is 702. The summed E-state index contributed by atoms with van der Waals surface area (Å²) in [4.78, 5) is 16.3. The highest BCUT2D eigenvalue weighted by Crippen LogP contribution is 2.32. The molecule has 0 aliphatic carbocycles. The summed E-state index contributed by atoms with van der Waals surface area (Å²) in [6.45, 7) is 7.28. The monoisotopic (exact) mass is 358 g/mol. The summed E-state index contributed by atoms with van der Waals surface area (Å²) in [7, 11) is 0. The van der Waals surface area contributed by atoms with Gasteiger partial charge in [-0.25, -0.2) is 4.99 Å². The molecule has 0 saturated heterocycles. The Kier molecular flexibility index (Phi) is 6.73. The van der Waals surface area contributed by atoms with Crippen molar-refractivity contribution >= 4 is 17.6 Å². The van der Waals surface area contributed by atoms with Crippen LogP contribution in [0.2, 0.25) is 0 Å². The van der Waals surface area contributed by atoms with Crippen LogP contribution in [0.4, 0.5) is 5.69 Å². The van der Waals surface area contributed by atoms with Crippen molar-refractivity contribution in [2.45, 2.75) is 32.7 Å². The fourth-order valence-corrected chi connectivity index (χ4v) is 2.26. The van der Waals surface area contributed by atoms with E-state index in [1.54, 1.807) is 0 Å². The van der Waals surface area contributed by atoms with E-state index >= 15 is 0 Å². The summed E-state index contributed by atoms with van der Waals surface area (Å²) in [6, 6.07) is 5.53. The van der Waals surface area contributed by atoms with E-state index in [1.165, 1.54) is 0 Å². The number of benzene rings is 1. The molecule has 0 aromatic heterocycles. The number of hydrogen-bond donors (Lipinski definition) is 3. The number of aliphatic imine (C=N–C) groups is 1. The Morgan fingerprint density at radius 3 is 2.69 bits per heavy atom. The third kappa shape index (κ3) is 6.55. The maximum atomic E-state index is 12.0. The van der Waals surface area contributed by atoms with Gasteiger partial charge in [-0.3, -0.25) is 4.79 Å². The van der Waals surface area contributed by atoms with Crippen LogP contribution in [-0.2, 0) is 4.79 Å². The van der Waals surface area contributed by atoms with Crippen LogP contribution in [0.1, 0.15) is 27.2 Å². The molecule has 1 amide bonds. The van der Waals surface area contributed by atoms with Gasteiger partial charge in [0.15, 0.2) is 17.5 Å². The number of terminal acetylenes is 1. The molecule has 0 radical (unpaired) electrons. The molecular formula is C19H26N4O3. The fraction of sp³-hybridized carbons (Fsp3) is 0.474. The molecule has 2 rings (SSSR count). The predicted octanol–water partition coefficient (Wildman–Crippen LogP) is 1.75. The summed E-state index contributed by atoms with van der Waals surface area (Å²) in [5, 5.41) is 8.97. The van der Waals surface area contributed by atoms with Gasteiger partial charge in [-0.2, -0.15) is 0 Å². The quantitative estimate of drug-likeness (QED) is 0.434. The molecule has 3 N–H and O–H groups in total. The summed E-state index contributed by atoms with van der Waals surface area (Å²) in [6.07, 6.45) is 6.15. The van der Waals surface area contributed by atoms with Crippen LogP contribution < -0.4 is 25.4 Å². The first-order valence-electron chi connectivity index (χ1n) is 8.57. The zero-order valence-corrected chi connectivity index (χ0v) is 15.5. The molecule has 0 unspecified atom stereocenters. The first kappa shape index (κ1) is 19.4. The first-order chi connectivity index (χ1) is 12.4. The number of nitrogens with zero attached hydrogens (tertiary/aromatic N) is 1. The van der Waals surface area contributed by atoms with E-state index in [-0.39, 0.29) is 24.5 Å². The lowest BCUT2D eigenvalue weighted by Crippen LogP contribution is -2.42. The lowest BCUT2D eigenvalue weighted by Gasteiger charge is -2.20. The van der Waals surface area contributed by atoms with E-state index in [2.05, 4.69) is 26.9 Å². The Balaban J connectivity index is 2.07. The number of carbonyl (C=O) groups is 1. The molecule has 0 saturated carbocycles. The Hall–Kier alpha value is -2.88. The number of fused-ring (bicyclic) bond motifs is 1. The molecule has 7 nitrogen and oxygen atoms in total. The Morgan fingerprint density at radius 2 is 2.00 bits per heavy atom. The molecule has 0 bridgehead atoms. The summed E-state index contributed by atoms with van der Waals surface area (Å²) < 4.78 is 11.3. The van der Waals surface area contributed by atoms with Crippen LogP contribution in [0.25, 0.3) is 0 Å². The summed E-state index contributed by atoms with van der Waals surface area (Å²) in [5.41, 5.74) is 0.453. The van der Waals surface area contributed by atoms with E-state index in [0.717, 1.165) is 12.1 Å². The number of guanidine groups is 1. The third-order valence-electron chi connectivity index (χ3n) is 3.26. The van der Waals surface area contributed by atoms with Crippen molar-refractivity contribution in [1.82, 2.24) is 10.6 Å². The normalized spacial score (nSPS) is 14.0. The number of anilines is 1. The van der Waals surface area contributed by atoms with Crippen LogP contribution in [0.3, 0.4) is 0 Å². The average Bonchev–Trinajstić information content (AvgIpc) is 2.80. The number of amides is 1. The van der Waals surface area contributed by atoms with Gasteiger partial charge >= 0.3 is 0 Å². The zero-order chi connectivity index (χ0) is 19.0. The van der Waals surface area contributed by atoms with Gasteiger partial charge in [-0.1, -0.05) is 5.92 Å². The van der Waals surface area contributed by atoms with Crippen molar-refractivity contribution < 1.29 is 14.3 Å². The predicted molar refractivity (Wildman–Crippen MR) is 103 cm³/mol. The van der Waals surface area contributed by atoms with Gasteiger partial charge < -0.3 is 25.4 Å². The molecule has 0 atom stereocenters. The first-order valence-corrected chi connectivity index (χ1v) is 8.57. The molecule has 1 aliphatic rings. The highest BCUT2D eigenvalue weighted by molar-refractivity contribution is 5.95. The maximum Gasteiger partial charge on any atom is 0.242 e. The van der Waals surface area contributed by atoms with Gasteiger partial charge in [0.1, 0.15) is 6.54 Å². The molecule has 1 heterocycles. The third-order valence-corrected chi connectivity index (χ3v) is 3.26. The van der Waals surface area contributed by atoms with Gasteiger partial charge in [0.05, 0.1) is 19.8 Å². The SMILES string of the molecule is C#CCNC(=NCC(=O)NC(C)(C)C)Nc1ccc2c(c1)OCCCO2. The fourth-order valence-electron chi connectivity index (χ4n) is 2.26. The zero-order valence-electron chi connectivity index (χ0n) is 15.5. The number of hydrogen-bond acceptors (Lipinski definition) is 4. The van der Waals surface area contributed by atoms with Gasteiger partial charge in [-0.15, -0.1) is 6.42 Å². The van der Waals surface area contributed by atoms with E-state index in [0.29, 0.717) is 30.7 Å². The molecule has 7 heteroatoms. The van der Waals surface area contributed by atoms with Crippen molar-refractivity contribution in [2.75, 3.05) is 31.6 Å². The van der Waals surface area contributed by atoms with Crippen LogP contribution in [-0.4, -0.2) is 43.7 Å². The molecule has 1 aliphatic heterocycles. The number of ether oxygens (including phenoxy) is 2. The molecule has 1 aromatic carbocycles. The van der Waals surface area contributed by atoms with Gasteiger partial charge in [0.25, 0.3) is 0 Å². The highest BCUT2D eigenvalue weighted by atomic mass is 16.5. The minimum atomic E-state index is -0.305. The van der Waals surface area contributed by atoms with Crippen molar-refractivity contribution in [3.63, 3.8) is 0 Å². The second kappa shape index (κ2) is 8.99. The molecule has 0 fully saturated rings. The van der Waals surface area contributed by atoms with Gasteiger partial charge in [0, 0.05) is 23.7 Å². The summed E-state index contributed by atoms with van der Waals surface area (Å²) >= 11 is 0. The number of rotatable bonds is 4. The second-order valence-electron chi connectivity index (χ2n) is 6.86. The number of nitrogens with one attached hydrogen (secondary N) is 3. The van der Waals surface area contributed by atoms with Crippen LogP contribution in [0.5, 0.6) is 11.5 Å². The molecule has 0 spiro atoms. The summed E-state index contributed by atoms with van der Waals surface area (Å²) in [5.74, 6) is 4.13. The lowest BCUT2D eigenvalue weighted by atomic mass is 10.1. The van der Waals surface area contributed by atoms with Crippen molar-refractivity contribution in [1.29, 1.82) is 0 Å². The molecular weight excluding hydrogens is 332 g/mol. The standard InChI is InChI=1S/C19H26N4O3/c1-5-9-20-18(21-13-17(24)23-19(2,3)4)22-14-7-8-15-16(12-14)26-11-6-10-25-15/h1,7-8,12H,6,9-11,13H2,2-4H3,(H,23,24)(H2,20,21,22). The van der Waals surface area contributed by atoms with Crippen LogP contribution in [0, 0.1) is 12.3 Å². The topological polar surface area (TPSA) is 84.0 Å². The largest absolute Gasteiger partial charge is 0.490 e. The minimum absolute atomic E-state index is 0.0122. The van der Waals surface area contributed by atoms with Gasteiger partial charge in [-0.05, 0) is 32.9 Å². The smallest absolute Gasteiger partial charge is 0.242 e. The lowest BCUT2D eigenvalue weighted by molar-refractivity contribution is -0.121. The van der Waals surface area contributed by atoms with Crippen molar-refractivity contribution in [2.24, 2.45) is 4.99 Å². The number of carbonyl (C=O) groups excluding carboxylic acids is 1. The molecule has 1 aromatic rings. The molecule has 140 valence electrons. The van der Waals surface area contributed by atoms with Gasteiger partial charge in [0.2, 0.25) is 5.91 Å². The Labute approximate surface area is 154 Å². The second-order valence-corrected chi connectivity index (χ2v) is 6.86. The Morgan fingerprint density at radius 1 is 1.27 bits per heavy atom.